The maximum atomic E-state index is 12.2. The minimum absolute atomic E-state index is 0.362. The lowest BCUT2D eigenvalue weighted by Gasteiger charge is -2.16. The molecule has 100 valence electrons. The fourth-order valence-electron chi connectivity index (χ4n) is 1.68. The van der Waals surface area contributed by atoms with Crippen LogP contribution in [0.3, 0.4) is 0 Å². The van der Waals surface area contributed by atoms with Crippen LogP contribution in [-0.4, -0.2) is 22.2 Å². The van der Waals surface area contributed by atoms with Crippen molar-refractivity contribution < 1.29 is 13.2 Å². The van der Waals surface area contributed by atoms with Gasteiger partial charge >= 0.3 is 6.18 Å². The number of nitrogens with one attached hydrogen (secondary N) is 1. The number of rotatable bonds is 4. The Labute approximate surface area is 111 Å². The van der Waals surface area contributed by atoms with Crippen molar-refractivity contribution in [3.8, 4) is 0 Å². The summed E-state index contributed by atoms with van der Waals surface area (Å²) in [5.41, 5.74) is 0. The highest BCUT2D eigenvalue weighted by Gasteiger charge is 2.31. The van der Waals surface area contributed by atoms with Crippen molar-refractivity contribution in [2.45, 2.75) is 44.3 Å². The molecular formula is C11H13BrF3N3. The minimum atomic E-state index is -4.17. The molecule has 1 atom stereocenters. The first-order valence-electron chi connectivity index (χ1n) is 5.71. The zero-order valence-corrected chi connectivity index (χ0v) is 11.3. The van der Waals surface area contributed by atoms with Gasteiger partial charge in [0.1, 0.15) is 16.2 Å². The van der Waals surface area contributed by atoms with Crippen LogP contribution < -0.4 is 5.32 Å². The molecule has 2 rings (SSSR count). The van der Waals surface area contributed by atoms with Gasteiger partial charge in [-0.3, -0.25) is 0 Å². The topological polar surface area (TPSA) is 37.8 Å². The van der Waals surface area contributed by atoms with Gasteiger partial charge in [0, 0.05) is 18.0 Å². The molecule has 1 N–H and O–H groups in total. The second-order valence-electron chi connectivity index (χ2n) is 4.57. The summed E-state index contributed by atoms with van der Waals surface area (Å²) in [5.74, 6) is 1.50. The van der Waals surface area contributed by atoms with Gasteiger partial charge in [-0.1, -0.05) is 0 Å². The van der Waals surface area contributed by atoms with E-state index in [0.717, 1.165) is 12.8 Å². The molecule has 1 aromatic rings. The van der Waals surface area contributed by atoms with Crippen LogP contribution in [0.4, 0.5) is 19.0 Å². The number of hydrogen-bond donors (Lipinski definition) is 1. The summed E-state index contributed by atoms with van der Waals surface area (Å²) >= 11 is 3.25. The molecule has 1 aliphatic rings. The molecule has 1 aromatic heterocycles. The van der Waals surface area contributed by atoms with Gasteiger partial charge < -0.3 is 5.32 Å². The SMILES string of the molecule is CC(CC(F)(F)F)Nc1cc(Br)nc(C2CC2)n1. The molecular weight excluding hydrogens is 311 g/mol. The van der Waals surface area contributed by atoms with E-state index in [1.165, 1.54) is 6.92 Å². The summed E-state index contributed by atoms with van der Waals surface area (Å²) < 4.78 is 37.3. The van der Waals surface area contributed by atoms with E-state index in [1.54, 1.807) is 6.07 Å². The molecule has 1 aliphatic carbocycles. The average Bonchev–Trinajstić information content (AvgIpc) is 2.95. The Balaban J connectivity index is 2.04. The normalized spacial score (nSPS) is 17.6. The van der Waals surface area contributed by atoms with Crippen molar-refractivity contribution >= 4 is 21.7 Å². The van der Waals surface area contributed by atoms with Crippen molar-refractivity contribution in [2.24, 2.45) is 0 Å². The first kappa shape index (κ1) is 13.6. The van der Waals surface area contributed by atoms with Crippen LogP contribution >= 0.6 is 15.9 Å². The van der Waals surface area contributed by atoms with Crippen LogP contribution in [0.5, 0.6) is 0 Å². The Morgan fingerprint density at radius 3 is 2.67 bits per heavy atom. The van der Waals surface area contributed by atoms with Crippen molar-refractivity contribution in [3.63, 3.8) is 0 Å². The van der Waals surface area contributed by atoms with E-state index in [1.807, 2.05) is 0 Å². The van der Waals surface area contributed by atoms with Gasteiger partial charge in [-0.2, -0.15) is 13.2 Å². The van der Waals surface area contributed by atoms with E-state index in [2.05, 4.69) is 31.2 Å². The molecule has 0 saturated heterocycles. The summed E-state index contributed by atoms with van der Waals surface area (Å²) in [7, 11) is 0. The standard InChI is InChI=1S/C11H13BrF3N3/c1-6(5-11(13,14)15)16-9-4-8(12)17-10(18-9)7-2-3-7/h4,6-7H,2-3,5H2,1H3,(H,16,17,18). The van der Waals surface area contributed by atoms with E-state index in [0.29, 0.717) is 22.2 Å². The Morgan fingerprint density at radius 2 is 2.11 bits per heavy atom. The fourth-order valence-corrected chi connectivity index (χ4v) is 2.08. The van der Waals surface area contributed by atoms with Crippen molar-refractivity contribution in [2.75, 3.05) is 5.32 Å². The molecule has 0 bridgehead atoms. The summed E-state index contributed by atoms with van der Waals surface area (Å²) in [4.78, 5) is 8.47. The maximum absolute atomic E-state index is 12.2. The maximum Gasteiger partial charge on any atom is 0.391 e. The molecule has 0 aromatic carbocycles. The van der Waals surface area contributed by atoms with Gasteiger partial charge in [0.15, 0.2) is 0 Å². The monoisotopic (exact) mass is 323 g/mol. The first-order valence-corrected chi connectivity index (χ1v) is 6.50. The van der Waals surface area contributed by atoms with E-state index >= 15 is 0 Å². The van der Waals surface area contributed by atoms with Crippen LogP contribution in [0.15, 0.2) is 10.7 Å². The molecule has 1 saturated carbocycles. The highest BCUT2D eigenvalue weighted by molar-refractivity contribution is 9.10. The Hall–Kier alpha value is -0.850. The lowest BCUT2D eigenvalue weighted by molar-refractivity contribution is -0.136. The number of nitrogens with zero attached hydrogens (tertiary/aromatic N) is 2. The minimum Gasteiger partial charge on any atom is -0.367 e. The molecule has 3 nitrogen and oxygen atoms in total. The lowest BCUT2D eigenvalue weighted by atomic mass is 10.2. The Bertz CT molecular complexity index is 432. The second kappa shape index (κ2) is 5.03. The van der Waals surface area contributed by atoms with Gasteiger partial charge in [0.2, 0.25) is 0 Å². The van der Waals surface area contributed by atoms with Crippen molar-refractivity contribution in [1.82, 2.24) is 9.97 Å². The van der Waals surface area contributed by atoms with Gasteiger partial charge in [0.05, 0.1) is 6.42 Å². The molecule has 1 heterocycles. The third-order valence-corrected chi connectivity index (χ3v) is 2.99. The molecule has 0 amide bonds. The van der Waals surface area contributed by atoms with Crippen molar-refractivity contribution in [3.05, 3.63) is 16.5 Å². The number of halogens is 4. The second-order valence-corrected chi connectivity index (χ2v) is 5.39. The van der Waals surface area contributed by atoms with E-state index < -0.39 is 18.6 Å². The predicted molar refractivity (Wildman–Crippen MR) is 65.5 cm³/mol. The van der Waals surface area contributed by atoms with Gasteiger partial charge in [0.25, 0.3) is 0 Å². The number of anilines is 1. The molecule has 0 spiro atoms. The van der Waals surface area contributed by atoms with Crippen LogP contribution in [-0.2, 0) is 0 Å². The van der Waals surface area contributed by atoms with Crippen LogP contribution in [0.1, 0.15) is 37.9 Å². The van der Waals surface area contributed by atoms with Crippen LogP contribution in [0.2, 0.25) is 0 Å². The molecule has 0 aliphatic heterocycles. The predicted octanol–water partition coefficient (Wildman–Crippen LogP) is 3.87. The van der Waals surface area contributed by atoms with Gasteiger partial charge in [-0.25, -0.2) is 9.97 Å². The van der Waals surface area contributed by atoms with Crippen LogP contribution in [0, 0.1) is 0 Å². The molecule has 7 heteroatoms. The van der Waals surface area contributed by atoms with E-state index in [-0.39, 0.29) is 0 Å². The summed E-state index contributed by atoms with van der Waals surface area (Å²) in [6.07, 6.45) is -2.95. The van der Waals surface area contributed by atoms with Gasteiger partial charge in [-0.15, -0.1) is 0 Å². The summed E-state index contributed by atoms with van der Waals surface area (Å²) in [6, 6.07) is 0.887. The average molecular weight is 324 g/mol. The summed E-state index contributed by atoms with van der Waals surface area (Å²) in [6.45, 7) is 1.49. The third kappa shape index (κ3) is 4.12. The molecule has 18 heavy (non-hydrogen) atoms. The van der Waals surface area contributed by atoms with Crippen LogP contribution in [0.25, 0.3) is 0 Å². The molecule has 1 fully saturated rings. The number of aromatic nitrogens is 2. The number of hydrogen-bond acceptors (Lipinski definition) is 3. The smallest absolute Gasteiger partial charge is 0.367 e. The summed E-state index contributed by atoms with van der Waals surface area (Å²) in [5, 5.41) is 2.76. The van der Waals surface area contributed by atoms with E-state index in [4.69, 9.17) is 0 Å². The third-order valence-electron chi connectivity index (χ3n) is 2.59. The molecule has 0 radical (unpaired) electrons. The first-order chi connectivity index (χ1) is 8.33. The molecule has 1 unspecified atom stereocenters. The zero-order chi connectivity index (χ0) is 13.3. The Morgan fingerprint density at radius 1 is 1.44 bits per heavy atom. The highest BCUT2D eigenvalue weighted by atomic mass is 79.9. The highest BCUT2D eigenvalue weighted by Crippen LogP contribution is 2.38. The zero-order valence-electron chi connectivity index (χ0n) is 9.76. The largest absolute Gasteiger partial charge is 0.391 e. The Kier molecular flexibility index (Phi) is 3.79. The van der Waals surface area contributed by atoms with Gasteiger partial charge in [-0.05, 0) is 35.7 Å². The lowest BCUT2D eigenvalue weighted by Crippen LogP contribution is -2.24. The quantitative estimate of drug-likeness (QED) is 0.855. The fraction of sp³-hybridized carbons (Fsp3) is 0.636. The van der Waals surface area contributed by atoms with Crippen molar-refractivity contribution in [1.29, 1.82) is 0 Å². The van der Waals surface area contributed by atoms with E-state index in [9.17, 15) is 13.2 Å². The number of alkyl halides is 3.